The number of hydroxylamine groups is 1. The van der Waals surface area contributed by atoms with E-state index in [1.807, 2.05) is 27.7 Å². The average molecular weight is 655 g/mol. The van der Waals surface area contributed by atoms with Crippen LogP contribution in [0.5, 0.6) is 0 Å². The predicted octanol–water partition coefficient (Wildman–Crippen LogP) is -0.680. The highest BCUT2D eigenvalue weighted by atomic mass is 16.7. The number of rotatable bonds is 14. The summed E-state index contributed by atoms with van der Waals surface area (Å²) in [5, 5.41) is 38.0. The number of amides is 2. The summed E-state index contributed by atoms with van der Waals surface area (Å²) in [4.78, 5) is 63.3. The summed E-state index contributed by atoms with van der Waals surface area (Å²) in [5.74, 6) is -7.08. The molecule has 0 aromatic heterocycles. The molecule has 2 saturated carbocycles. The van der Waals surface area contributed by atoms with Gasteiger partial charge >= 0.3 is 11.9 Å². The average Bonchev–Trinajstić information content (AvgIpc) is 3.46. The Hall–Kier alpha value is -3.66. The summed E-state index contributed by atoms with van der Waals surface area (Å²) in [7, 11) is 0. The zero-order valence-electron chi connectivity index (χ0n) is 27.7. The van der Waals surface area contributed by atoms with E-state index in [2.05, 4.69) is 26.1 Å². The lowest BCUT2D eigenvalue weighted by Gasteiger charge is -2.35. The minimum absolute atomic E-state index is 0.0263. The molecule has 2 aliphatic rings. The van der Waals surface area contributed by atoms with Crippen LogP contribution < -0.4 is 33.3 Å². The monoisotopic (exact) mass is 654 g/mol. The Kier molecular flexibility index (Phi) is 14.5. The fourth-order valence-corrected chi connectivity index (χ4v) is 7.46. The Balaban J connectivity index is 2.32. The number of aliphatic imine (C=N–C) groups is 2. The zero-order valence-corrected chi connectivity index (χ0v) is 27.7. The molecule has 0 saturated heterocycles. The first-order chi connectivity index (χ1) is 21.6. The molecule has 0 aliphatic heterocycles. The van der Waals surface area contributed by atoms with Gasteiger partial charge in [-0.1, -0.05) is 53.4 Å². The number of carboxylic acids is 1. The minimum atomic E-state index is -1.32. The molecule has 0 unspecified atom stereocenters. The number of nitrogens with zero attached hydrogens (tertiary/aromatic N) is 2. The van der Waals surface area contributed by atoms with Crippen LogP contribution in [0.15, 0.2) is 9.98 Å². The lowest BCUT2D eigenvalue weighted by molar-refractivity contribution is -0.156. The summed E-state index contributed by atoms with van der Waals surface area (Å²) < 4.78 is 0. The molecule has 2 amide bonds. The van der Waals surface area contributed by atoms with Gasteiger partial charge in [0.2, 0.25) is 17.8 Å². The van der Waals surface area contributed by atoms with Crippen LogP contribution in [0.1, 0.15) is 80.1 Å². The smallest absolute Gasteiger partial charge is 0.337 e. The second-order valence-corrected chi connectivity index (χ2v) is 12.5. The van der Waals surface area contributed by atoms with Crippen LogP contribution in [-0.2, 0) is 24.0 Å². The first-order valence-corrected chi connectivity index (χ1v) is 16.1. The lowest BCUT2D eigenvalue weighted by Crippen LogP contribution is -2.51. The number of carbonyl (C=O) groups excluding carboxylic acids is 3. The molecule has 0 aromatic carbocycles. The third-order valence-corrected chi connectivity index (χ3v) is 9.67. The van der Waals surface area contributed by atoms with Gasteiger partial charge in [0.15, 0.2) is 5.96 Å². The van der Waals surface area contributed by atoms with Crippen LogP contribution in [0.4, 0.5) is 0 Å². The van der Waals surface area contributed by atoms with Gasteiger partial charge in [0.25, 0.3) is 0 Å². The number of nitrogens with one attached hydrogen (secondary N) is 3. The van der Waals surface area contributed by atoms with E-state index in [1.165, 1.54) is 13.8 Å². The maximum Gasteiger partial charge on any atom is 0.337 e. The van der Waals surface area contributed by atoms with Crippen LogP contribution in [0, 0.1) is 35.5 Å². The van der Waals surface area contributed by atoms with Gasteiger partial charge in [-0.15, -0.1) is 0 Å². The van der Waals surface area contributed by atoms with E-state index in [9.17, 15) is 34.5 Å². The van der Waals surface area contributed by atoms with E-state index >= 15 is 0 Å². The van der Waals surface area contributed by atoms with E-state index in [0.29, 0.717) is 25.7 Å². The molecule has 0 radical (unpaired) electrons. The molecular weight excluding hydrogens is 600 g/mol. The summed E-state index contributed by atoms with van der Waals surface area (Å²) in [5.41, 5.74) is 19.7. The molecule has 10 atom stereocenters. The van der Waals surface area contributed by atoms with Crippen molar-refractivity contribution >= 4 is 35.7 Å². The normalized spacial score (nSPS) is 29.2. The van der Waals surface area contributed by atoms with Crippen molar-refractivity contribution in [1.82, 2.24) is 16.1 Å². The number of hydrogen-bond acceptors (Lipinski definition) is 9. The fourth-order valence-electron chi connectivity index (χ4n) is 7.46. The Morgan fingerprint density at radius 2 is 1.17 bits per heavy atom. The third kappa shape index (κ3) is 9.44. The standard InChI is InChI=1S/C30H54N8O8/c1-7-15(8-2)23(34-13(5)39)21-19(36-29(31)32)12-18(26(21)42)28(45)46-38-30(33)37-20-11-17(27(43)44)25(41)22(20)24(35-14(6)40)16(9-3)10-4/h15-26,41-42H,7-12H2,1-6H3,(H,34,39)(H,35,40)(H,43,44)(H4,31,32,36)(H3,33,37,38)/t17-,18-,19+,20+,21+,22+,23-,24-,25+,26+/m0/s1. The largest absolute Gasteiger partial charge is 0.481 e. The molecule has 12 N–H and O–H groups in total. The molecule has 2 rings (SSSR count). The van der Waals surface area contributed by atoms with Crippen LogP contribution in [0.3, 0.4) is 0 Å². The van der Waals surface area contributed by atoms with E-state index in [1.54, 1.807) is 0 Å². The number of aliphatic carboxylic acids is 1. The number of guanidine groups is 2. The highest BCUT2D eigenvalue weighted by Crippen LogP contribution is 2.41. The fraction of sp³-hybridized carbons (Fsp3) is 0.800. The van der Waals surface area contributed by atoms with E-state index < -0.39 is 72.0 Å². The van der Waals surface area contributed by atoms with Gasteiger partial charge in [0.1, 0.15) is 0 Å². The van der Waals surface area contributed by atoms with E-state index in [4.69, 9.17) is 22.0 Å². The number of aliphatic hydroxyl groups excluding tert-OH is 2. The zero-order chi connectivity index (χ0) is 34.9. The van der Waals surface area contributed by atoms with Gasteiger partial charge in [-0.05, 0) is 24.7 Å². The minimum Gasteiger partial charge on any atom is -0.481 e. The molecule has 16 nitrogen and oxygen atoms in total. The number of hydrogen-bond donors (Lipinski definition) is 9. The van der Waals surface area contributed by atoms with Gasteiger partial charge in [0, 0.05) is 37.8 Å². The Labute approximate surface area is 270 Å². The topological polar surface area (TPSA) is 277 Å². The summed E-state index contributed by atoms with van der Waals surface area (Å²) in [6.07, 6.45) is 0.0993. The summed E-state index contributed by atoms with van der Waals surface area (Å²) in [6.45, 7) is 10.5. The van der Waals surface area contributed by atoms with Crippen molar-refractivity contribution < 1.29 is 39.3 Å². The second kappa shape index (κ2) is 17.3. The number of nitrogens with two attached hydrogens (primary N) is 3. The molecule has 0 heterocycles. The molecule has 46 heavy (non-hydrogen) atoms. The number of carboxylic acid groups (broad SMARTS) is 1. The molecule has 0 spiro atoms. The molecule has 0 aromatic rings. The molecule has 16 heteroatoms. The SMILES string of the molecule is CCC(CC)[C@H](NC(C)=O)[C@@H]1[C@H](O)[C@@H](C(=O)O)C[C@H]1N=C(N)NOC(=O)[C@H]1C[C@@H](N=C(N)N)[C@H]([C@@H](NC(C)=O)C(CC)CC)[C@@H]1O. The van der Waals surface area contributed by atoms with Crippen LogP contribution in [0.2, 0.25) is 0 Å². The second-order valence-electron chi connectivity index (χ2n) is 12.5. The molecular formula is C30H54N8O8. The van der Waals surface area contributed by atoms with Gasteiger partial charge in [-0.3, -0.25) is 14.4 Å². The van der Waals surface area contributed by atoms with Crippen LogP contribution in [-0.4, -0.2) is 87.4 Å². The first kappa shape index (κ1) is 38.5. The van der Waals surface area contributed by atoms with Crippen molar-refractivity contribution in [2.45, 2.75) is 116 Å². The van der Waals surface area contributed by atoms with E-state index in [0.717, 1.165) is 0 Å². The van der Waals surface area contributed by atoms with E-state index in [-0.39, 0.29) is 48.4 Å². The Bertz CT molecular complexity index is 1120. The van der Waals surface area contributed by atoms with Crippen molar-refractivity contribution in [3.05, 3.63) is 0 Å². The summed E-state index contributed by atoms with van der Waals surface area (Å²) >= 11 is 0. The molecule has 2 aliphatic carbocycles. The van der Waals surface area contributed by atoms with Crippen molar-refractivity contribution in [2.75, 3.05) is 0 Å². The van der Waals surface area contributed by atoms with Gasteiger partial charge in [-0.2, -0.15) is 5.48 Å². The maximum absolute atomic E-state index is 13.3. The predicted molar refractivity (Wildman–Crippen MR) is 170 cm³/mol. The molecule has 2 fully saturated rings. The van der Waals surface area contributed by atoms with Gasteiger partial charge in [0.05, 0.1) is 36.1 Å². The van der Waals surface area contributed by atoms with Crippen molar-refractivity contribution in [2.24, 2.45) is 62.7 Å². The quantitative estimate of drug-likeness (QED) is 0.0640. The molecule has 0 bridgehead atoms. The first-order valence-electron chi connectivity index (χ1n) is 16.1. The highest BCUT2D eigenvalue weighted by Gasteiger charge is 2.52. The third-order valence-electron chi connectivity index (χ3n) is 9.67. The van der Waals surface area contributed by atoms with Crippen molar-refractivity contribution in [3.8, 4) is 0 Å². The lowest BCUT2D eigenvalue weighted by atomic mass is 9.80. The van der Waals surface area contributed by atoms with Crippen LogP contribution in [0.25, 0.3) is 0 Å². The highest BCUT2D eigenvalue weighted by molar-refractivity contribution is 5.81. The Morgan fingerprint density at radius 3 is 1.57 bits per heavy atom. The number of carbonyl (C=O) groups is 4. The van der Waals surface area contributed by atoms with Crippen LogP contribution >= 0.6 is 0 Å². The van der Waals surface area contributed by atoms with Crippen molar-refractivity contribution in [1.29, 1.82) is 0 Å². The summed E-state index contributed by atoms with van der Waals surface area (Å²) in [6, 6.07) is -2.62. The van der Waals surface area contributed by atoms with Gasteiger partial charge in [-0.25, -0.2) is 14.8 Å². The van der Waals surface area contributed by atoms with Crippen molar-refractivity contribution in [3.63, 3.8) is 0 Å². The Morgan fingerprint density at radius 1 is 0.761 bits per heavy atom. The molecule has 262 valence electrons. The maximum atomic E-state index is 13.3. The number of aliphatic hydroxyl groups is 2. The van der Waals surface area contributed by atoms with Gasteiger partial charge < -0.3 is 48.0 Å².